The molecule has 2 aromatic carbocycles. The lowest BCUT2D eigenvalue weighted by molar-refractivity contribution is 0.590. The van der Waals surface area contributed by atoms with Gasteiger partial charge in [-0.1, -0.05) is 69.3 Å². The summed E-state index contributed by atoms with van der Waals surface area (Å²) in [6.45, 7) is 6.72. The van der Waals surface area contributed by atoms with Gasteiger partial charge in [-0.3, -0.25) is 0 Å². The Morgan fingerprint density at radius 1 is 0.714 bits per heavy atom. The van der Waals surface area contributed by atoms with E-state index in [2.05, 4.69) is 100 Å². The number of rotatable bonds is 3. The normalized spacial score (nSPS) is 11.9. The van der Waals surface area contributed by atoms with Crippen molar-refractivity contribution in [3.63, 3.8) is 0 Å². The molecule has 1 nitrogen and oxygen atoms in total. The third-order valence-corrected chi connectivity index (χ3v) is 3.65. The third-order valence-electron chi connectivity index (χ3n) is 3.65. The highest BCUT2D eigenvalue weighted by atomic mass is 15.1. The van der Waals surface area contributed by atoms with Crippen LogP contribution in [0.3, 0.4) is 0 Å². The lowest BCUT2D eigenvalue weighted by Gasteiger charge is -2.18. The third kappa shape index (κ3) is 4.22. The SMILES string of the molecule is CN(C)c1ccc(/C=C/c2ccc(C(C)(C)C)cc2)cc1. The van der Waals surface area contributed by atoms with Crippen LogP contribution >= 0.6 is 0 Å². The van der Waals surface area contributed by atoms with E-state index in [0.29, 0.717) is 0 Å². The Kier molecular flexibility index (Phi) is 4.52. The van der Waals surface area contributed by atoms with Crippen LogP contribution in [-0.4, -0.2) is 14.1 Å². The molecule has 110 valence electrons. The lowest BCUT2D eigenvalue weighted by Crippen LogP contribution is -2.10. The summed E-state index contributed by atoms with van der Waals surface area (Å²) in [5.74, 6) is 0. The number of benzene rings is 2. The quantitative estimate of drug-likeness (QED) is 0.696. The average Bonchev–Trinajstić information content (AvgIpc) is 2.45. The zero-order chi connectivity index (χ0) is 15.5. The molecule has 0 amide bonds. The van der Waals surface area contributed by atoms with E-state index in [-0.39, 0.29) is 5.41 Å². The molecule has 0 fully saturated rings. The predicted octanol–water partition coefficient (Wildman–Crippen LogP) is 5.22. The molecule has 0 radical (unpaired) electrons. The molecule has 0 spiro atoms. The van der Waals surface area contributed by atoms with E-state index in [1.54, 1.807) is 0 Å². The fraction of sp³-hybridized carbons (Fsp3) is 0.300. The maximum absolute atomic E-state index is 2.24. The summed E-state index contributed by atoms with van der Waals surface area (Å²) >= 11 is 0. The first-order valence-electron chi connectivity index (χ1n) is 7.42. The molecule has 0 aliphatic heterocycles. The Labute approximate surface area is 128 Å². The summed E-state index contributed by atoms with van der Waals surface area (Å²) in [6.07, 6.45) is 4.32. The summed E-state index contributed by atoms with van der Waals surface area (Å²) in [6, 6.07) is 17.4. The van der Waals surface area contributed by atoms with Gasteiger partial charge in [-0.05, 0) is 34.2 Å². The van der Waals surface area contributed by atoms with E-state index in [4.69, 9.17) is 0 Å². The van der Waals surface area contributed by atoms with E-state index in [1.807, 2.05) is 0 Å². The molecule has 0 unspecified atom stereocenters. The molecule has 0 aliphatic carbocycles. The highest BCUT2D eigenvalue weighted by molar-refractivity contribution is 5.70. The maximum Gasteiger partial charge on any atom is 0.0361 e. The van der Waals surface area contributed by atoms with Crippen molar-refractivity contribution in [1.82, 2.24) is 0 Å². The van der Waals surface area contributed by atoms with Crippen molar-refractivity contribution in [2.24, 2.45) is 0 Å². The number of anilines is 1. The smallest absolute Gasteiger partial charge is 0.0361 e. The molecule has 2 rings (SSSR count). The summed E-state index contributed by atoms with van der Waals surface area (Å²) < 4.78 is 0. The Hall–Kier alpha value is -2.02. The van der Waals surface area contributed by atoms with Gasteiger partial charge in [0.05, 0.1) is 0 Å². The van der Waals surface area contributed by atoms with Crippen LogP contribution in [0.5, 0.6) is 0 Å². The Morgan fingerprint density at radius 2 is 1.14 bits per heavy atom. The van der Waals surface area contributed by atoms with Crippen molar-refractivity contribution < 1.29 is 0 Å². The highest BCUT2D eigenvalue weighted by Crippen LogP contribution is 2.22. The lowest BCUT2D eigenvalue weighted by atomic mass is 9.87. The monoisotopic (exact) mass is 279 g/mol. The molecule has 1 heteroatoms. The summed E-state index contributed by atoms with van der Waals surface area (Å²) in [5.41, 5.74) is 5.27. The minimum absolute atomic E-state index is 0.213. The van der Waals surface area contributed by atoms with Crippen LogP contribution in [-0.2, 0) is 5.41 Å². The van der Waals surface area contributed by atoms with E-state index in [0.717, 1.165) is 0 Å². The van der Waals surface area contributed by atoms with Gasteiger partial charge in [-0.25, -0.2) is 0 Å². The predicted molar refractivity (Wildman–Crippen MR) is 94.8 cm³/mol. The largest absolute Gasteiger partial charge is 0.378 e. The number of nitrogens with zero attached hydrogens (tertiary/aromatic N) is 1. The molecule has 0 aliphatic rings. The topological polar surface area (TPSA) is 3.24 Å². The van der Waals surface area contributed by atoms with Crippen molar-refractivity contribution in [3.8, 4) is 0 Å². The van der Waals surface area contributed by atoms with Gasteiger partial charge in [-0.15, -0.1) is 0 Å². The molecule has 21 heavy (non-hydrogen) atoms. The van der Waals surface area contributed by atoms with E-state index < -0.39 is 0 Å². The minimum Gasteiger partial charge on any atom is -0.378 e. The highest BCUT2D eigenvalue weighted by Gasteiger charge is 2.12. The zero-order valence-corrected chi connectivity index (χ0v) is 13.7. The molecular formula is C20H25N. The first-order valence-corrected chi connectivity index (χ1v) is 7.42. The van der Waals surface area contributed by atoms with Gasteiger partial charge in [0.2, 0.25) is 0 Å². The number of hydrogen-bond acceptors (Lipinski definition) is 1. The van der Waals surface area contributed by atoms with Crippen LogP contribution in [0.1, 0.15) is 37.5 Å². The van der Waals surface area contributed by atoms with Crippen LogP contribution in [0.2, 0.25) is 0 Å². The molecule has 0 saturated heterocycles. The van der Waals surface area contributed by atoms with Gasteiger partial charge in [-0.2, -0.15) is 0 Å². The second-order valence-electron chi connectivity index (χ2n) is 6.69. The molecule has 2 aromatic rings. The van der Waals surface area contributed by atoms with Crippen molar-refractivity contribution in [3.05, 3.63) is 65.2 Å². The van der Waals surface area contributed by atoms with Gasteiger partial charge in [0.25, 0.3) is 0 Å². The summed E-state index contributed by atoms with van der Waals surface area (Å²) in [7, 11) is 4.11. The second kappa shape index (κ2) is 6.17. The number of hydrogen-bond donors (Lipinski definition) is 0. The molecule has 0 N–H and O–H groups in total. The minimum atomic E-state index is 0.213. The Morgan fingerprint density at radius 3 is 1.52 bits per heavy atom. The summed E-state index contributed by atoms with van der Waals surface area (Å²) in [4.78, 5) is 2.11. The van der Waals surface area contributed by atoms with Crippen molar-refractivity contribution in [1.29, 1.82) is 0 Å². The van der Waals surface area contributed by atoms with Crippen LogP contribution in [0.25, 0.3) is 12.2 Å². The molecule has 0 atom stereocenters. The van der Waals surface area contributed by atoms with E-state index in [1.165, 1.54) is 22.4 Å². The van der Waals surface area contributed by atoms with Crippen molar-refractivity contribution in [2.45, 2.75) is 26.2 Å². The van der Waals surface area contributed by atoms with Crippen LogP contribution < -0.4 is 4.90 Å². The zero-order valence-electron chi connectivity index (χ0n) is 13.7. The van der Waals surface area contributed by atoms with Crippen LogP contribution in [0, 0.1) is 0 Å². The fourth-order valence-electron chi connectivity index (χ4n) is 2.17. The molecule has 0 heterocycles. The van der Waals surface area contributed by atoms with Crippen molar-refractivity contribution in [2.75, 3.05) is 19.0 Å². The van der Waals surface area contributed by atoms with E-state index in [9.17, 15) is 0 Å². The first-order chi connectivity index (χ1) is 9.86. The Balaban J connectivity index is 2.10. The van der Waals surface area contributed by atoms with Gasteiger partial charge in [0, 0.05) is 19.8 Å². The average molecular weight is 279 g/mol. The standard InChI is InChI=1S/C20H25N/c1-20(2,3)18-12-8-16(9-13-18)6-7-17-10-14-19(15-11-17)21(4)5/h6-15H,1-5H3/b7-6+. The fourth-order valence-corrected chi connectivity index (χ4v) is 2.17. The maximum atomic E-state index is 2.24. The van der Waals surface area contributed by atoms with Gasteiger partial charge in [0.15, 0.2) is 0 Å². The first kappa shape index (κ1) is 15.4. The van der Waals surface area contributed by atoms with Crippen LogP contribution in [0.4, 0.5) is 5.69 Å². The van der Waals surface area contributed by atoms with Crippen LogP contribution in [0.15, 0.2) is 48.5 Å². The summed E-state index contributed by atoms with van der Waals surface area (Å²) in [5, 5.41) is 0. The Bertz CT molecular complexity index is 596. The second-order valence-corrected chi connectivity index (χ2v) is 6.69. The molecule has 0 aromatic heterocycles. The molecular weight excluding hydrogens is 254 g/mol. The molecule has 0 bridgehead atoms. The van der Waals surface area contributed by atoms with Crippen molar-refractivity contribution >= 4 is 17.8 Å². The van der Waals surface area contributed by atoms with Gasteiger partial charge in [0.1, 0.15) is 0 Å². The van der Waals surface area contributed by atoms with E-state index >= 15 is 0 Å². The van der Waals surface area contributed by atoms with Gasteiger partial charge >= 0.3 is 0 Å². The molecule has 0 saturated carbocycles. The van der Waals surface area contributed by atoms with Gasteiger partial charge < -0.3 is 4.90 Å².